The lowest BCUT2D eigenvalue weighted by Gasteiger charge is -2.37. The first kappa shape index (κ1) is 42.0. The largest absolute Gasteiger partial charge is 0.460 e. The van der Waals surface area contributed by atoms with E-state index < -0.39 is 77.9 Å². The summed E-state index contributed by atoms with van der Waals surface area (Å²) in [6, 6.07) is -3.83. The summed E-state index contributed by atoms with van der Waals surface area (Å²) in [6.07, 6.45) is 2.47. The zero-order valence-corrected chi connectivity index (χ0v) is 32.1. The van der Waals surface area contributed by atoms with Crippen molar-refractivity contribution in [2.75, 3.05) is 20.6 Å². The molecule has 0 bridgehead atoms. The Labute approximate surface area is 294 Å². The molecule has 8 atom stereocenters. The van der Waals surface area contributed by atoms with Crippen molar-refractivity contribution in [2.24, 2.45) is 29.6 Å². The lowest BCUT2D eigenvalue weighted by molar-refractivity contribution is -0.172. The number of hydrogen-bond donors (Lipinski definition) is 1. The van der Waals surface area contributed by atoms with Crippen molar-refractivity contribution in [2.45, 2.75) is 151 Å². The molecule has 2 saturated heterocycles. The smallest absolute Gasteiger partial charge is 0.329 e. The summed E-state index contributed by atoms with van der Waals surface area (Å²) in [7, 11) is 3.06. The van der Waals surface area contributed by atoms with Crippen LogP contribution in [0.4, 0.5) is 0 Å². The molecular formula is C37H64N4O8. The monoisotopic (exact) mass is 692 g/mol. The van der Waals surface area contributed by atoms with Crippen LogP contribution < -0.4 is 5.32 Å². The van der Waals surface area contributed by atoms with Crippen molar-refractivity contribution in [3.8, 4) is 0 Å². The molecule has 0 unspecified atom stereocenters. The van der Waals surface area contributed by atoms with Crippen LogP contribution in [-0.2, 0) is 38.2 Å². The van der Waals surface area contributed by atoms with Crippen LogP contribution in [0.2, 0.25) is 0 Å². The Morgan fingerprint density at radius 3 is 1.82 bits per heavy atom. The average Bonchev–Trinajstić information content (AvgIpc) is 3.53. The van der Waals surface area contributed by atoms with Gasteiger partial charge in [0.15, 0.2) is 6.10 Å². The number of esters is 2. The highest BCUT2D eigenvalue weighted by atomic mass is 16.6. The Morgan fingerprint density at radius 2 is 1.31 bits per heavy atom. The number of hydrogen-bond acceptors (Lipinski definition) is 8. The lowest BCUT2D eigenvalue weighted by atomic mass is 9.94. The van der Waals surface area contributed by atoms with Crippen LogP contribution in [0.3, 0.4) is 0 Å². The summed E-state index contributed by atoms with van der Waals surface area (Å²) < 4.78 is 12.1. The number of ether oxygens (including phenoxy) is 2. The van der Waals surface area contributed by atoms with E-state index in [1.807, 2.05) is 41.5 Å². The predicted octanol–water partition coefficient (Wildman–Crippen LogP) is 4.18. The van der Waals surface area contributed by atoms with E-state index in [2.05, 4.69) is 12.2 Å². The van der Waals surface area contributed by atoms with E-state index in [1.165, 1.54) is 21.7 Å². The number of nitrogens with one attached hydrogen (secondary N) is 1. The SMILES string of the molecule is CCCCC[C@@H]1OC(=O)[C@@H](C(C)C)N(C)C(=O)[C@H]2CCCN2C(=O)[C@@H]([C@H](C)CC)OC(=O)[C@@H](C(C)C)N(C)C(=O)[C@@H](C(C)C)NC(=O)[C@@H]1C. The summed E-state index contributed by atoms with van der Waals surface area (Å²) >= 11 is 0. The fraction of sp³-hybridized carbons (Fsp3) is 0.838. The minimum Gasteiger partial charge on any atom is -0.460 e. The Kier molecular flexibility index (Phi) is 16.0. The van der Waals surface area contributed by atoms with Crippen molar-refractivity contribution in [3.05, 3.63) is 0 Å². The van der Waals surface area contributed by atoms with E-state index in [9.17, 15) is 28.8 Å². The zero-order valence-electron chi connectivity index (χ0n) is 32.1. The Morgan fingerprint density at radius 1 is 0.755 bits per heavy atom. The number of cyclic esters (lactones) is 2. The highest BCUT2D eigenvalue weighted by Crippen LogP contribution is 2.28. The predicted molar refractivity (Wildman–Crippen MR) is 187 cm³/mol. The second-order valence-corrected chi connectivity index (χ2v) is 15.2. The number of unbranched alkanes of at least 4 members (excludes halogenated alkanes) is 2. The number of amides is 4. The molecular weight excluding hydrogens is 628 g/mol. The minimum absolute atomic E-state index is 0.303. The van der Waals surface area contributed by atoms with Gasteiger partial charge in [0.1, 0.15) is 30.3 Å². The molecule has 2 heterocycles. The quantitative estimate of drug-likeness (QED) is 0.280. The third-order valence-electron chi connectivity index (χ3n) is 10.3. The fourth-order valence-electron chi connectivity index (χ4n) is 6.95. The van der Waals surface area contributed by atoms with E-state index in [4.69, 9.17) is 9.47 Å². The van der Waals surface area contributed by atoms with E-state index in [0.29, 0.717) is 32.2 Å². The highest BCUT2D eigenvalue weighted by molar-refractivity contribution is 5.95. The number of nitrogens with zero attached hydrogens (tertiary/aromatic N) is 3. The van der Waals surface area contributed by atoms with Gasteiger partial charge in [-0.2, -0.15) is 0 Å². The Bertz CT molecular complexity index is 1170. The van der Waals surface area contributed by atoms with Gasteiger partial charge < -0.3 is 29.5 Å². The summed E-state index contributed by atoms with van der Waals surface area (Å²) in [4.78, 5) is 88.2. The molecule has 2 rings (SSSR count). The number of likely N-dealkylation sites (N-methyl/N-ethyl adjacent to an activating group) is 2. The molecule has 2 aliphatic heterocycles. The van der Waals surface area contributed by atoms with Crippen LogP contribution in [0.15, 0.2) is 0 Å². The van der Waals surface area contributed by atoms with Gasteiger partial charge in [-0.3, -0.25) is 19.2 Å². The van der Waals surface area contributed by atoms with E-state index >= 15 is 0 Å². The van der Waals surface area contributed by atoms with Crippen LogP contribution in [0.25, 0.3) is 0 Å². The normalized spacial score (nSPS) is 29.4. The first-order valence-corrected chi connectivity index (χ1v) is 18.5. The summed E-state index contributed by atoms with van der Waals surface area (Å²) in [5.41, 5.74) is 0. The van der Waals surface area contributed by atoms with Gasteiger partial charge >= 0.3 is 11.9 Å². The number of fused-ring (bicyclic) bond motifs is 1. The molecule has 0 aliphatic carbocycles. The van der Waals surface area contributed by atoms with Crippen LogP contribution >= 0.6 is 0 Å². The van der Waals surface area contributed by atoms with Crippen molar-refractivity contribution in [1.82, 2.24) is 20.0 Å². The molecule has 12 nitrogen and oxygen atoms in total. The van der Waals surface area contributed by atoms with Crippen LogP contribution in [0, 0.1) is 29.6 Å². The average molecular weight is 693 g/mol. The van der Waals surface area contributed by atoms with E-state index in [0.717, 1.165) is 19.3 Å². The van der Waals surface area contributed by atoms with Gasteiger partial charge in [0.05, 0.1) is 5.92 Å². The third-order valence-corrected chi connectivity index (χ3v) is 10.3. The molecule has 2 fully saturated rings. The van der Waals surface area contributed by atoms with E-state index in [1.54, 1.807) is 27.8 Å². The van der Waals surface area contributed by atoms with E-state index in [-0.39, 0.29) is 23.7 Å². The zero-order chi connectivity index (χ0) is 37.3. The summed E-state index contributed by atoms with van der Waals surface area (Å²) in [5.74, 6) is -5.36. The van der Waals surface area contributed by atoms with Crippen molar-refractivity contribution in [1.29, 1.82) is 0 Å². The molecule has 0 aromatic heterocycles. The van der Waals surface area contributed by atoms with Crippen molar-refractivity contribution < 1.29 is 38.2 Å². The third kappa shape index (κ3) is 10.2. The van der Waals surface area contributed by atoms with Crippen molar-refractivity contribution in [3.63, 3.8) is 0 Å². The molecule has 0 radical (unpaired) electrons. The molecule has 0 aromatic carbocycles. The topological polar surface area (TPSA) is 143 Å². The first-order chi connectivity index (χ1) is 22.9. The molecule has 0 aromatic rings. The van der Waals surface area contributed by atoms with Crippen LogP contribution in [0.1, 0.15) is 114 Å². The van der Waals surface area contributed by atoms with Gasteiger partial charge in [-0.1, -0.05) is 82.1 Å². The van der Waals surface area contributed by atoms with Gasteiger partial charge in [0, 0.05) is 26.6 Å². The molecule has 4 amide bonds. The Balaban J connectivity index is 2.73. The highest BCUT2D eigenvalue weighted by Gasteiger charge is 2.46. The van der Waals surface area contributed by atoms with Crippen molar-refractivity contribution >= 4 is 35.6 Å². The maximum atomic E-state index is 14.2. The molecule has 2 aliphatic rings. The number of carbonyl (C=O) groups is 6. The standard InChI is InChI=1S/C37H64N4O8/c1-13-15-16-19-27-25(10)32(42)38-28(21(3)4)34(44)40(12)30(23(7)8)37(47)49-31(24(9)14-2)35(45)41-20-17-18-26(41)33(43)39(11)29(22(5)6)36(46)48-27/h21-31H,13-20H2,1-12H3,(H,38,42)/t24-,25-,26-,27+,28-,29-,30-,31-/m1/s1. The van der Waals surface area contributed by atoms with Gasteiger partial charge in [-0.15, -0.1) is 0 Å². The van der Waals surface area contributed by atoms with Gasteiger partial charge in [-0.05, 0) is 49.9 Å². The van der Waals surface area contributed by atoms with Gasteiger partial charge in [0.25, 0.3) is 5.91 Å². The fourth-order valence-corrected chi connectivity index (χ4v) is 6.95. The van der Waals surface area contributed by atoms with Gasteiger partial charge in [0.2, 0.25) is 17.7 Å². The number of carbonyl (C=O) groups excluding carboxylic acids is 6. The molecule has 12 heteroatoms. The first-order valence-electron chi connectivity index (χ1n) is 18.5. The molecule has 0 spiro atoms. The molecule has 49 heavy (non-hydrogen) atoms. The second kappa shape index (κ2) is 18.7. The second-order valence-electron chi connectivity index (χ2n) is 15.2. The molecule has 280 valence electrons. The number of rotatable bonds is 9. The molecule has 0 saturated carbocycles. The Hall–Kier alpha value is -3.18. The molecule has 1 N–H and O–H groups in total. The summed E-state index contributed by atoms with van der Waals surface area (Å²) in [6.45, 7) is 18.6. The summed E-state index contributed by atoms with van der Waals surface area (Å²) in [5, 5.41) is 2.89. The minimum atomic E-state index is -1.18. The lowest BCUT2D eigenvalue weighted by Crippen LogP contribution is -2.58. The van der Waals surface area contributed by atoms with Crippen LogP contribution in [0.5, 0.6) is 0 Å². The van der Waals surface area contributed by atoms with Gasteiger partial charge in [-0.25, -0.2) is 9.59 Å². The maximum absolute atomic E-state index is 14.2. The van der Waals surface area contributed by atoms with Crippen LogP contribution in [-0.4, -0.2) is 107 Å². The maximum Gasteiger partial charge on any atom is 0.329 e.